The number of anilines is 1. The molecule has 3 aromatic rings. The maximum absolute atomic E-state index is 12.5. The van der Waals surface area contributed by atoms with Gasteiger partial charge in [-0.25, -0.2) is 13.8 Å². The largest absolute Gasteiger partial charge is 0.489 e. The van der Waals surface area contributed by atoms with E-state index in [1.165, 1.54) is 42.6 Å². The normalized spacial score (nSPS) is 11.2. The fourth-order valence-electron chi connectivity index (χ4n) is 2.75. The number of sulfonamides is 1. The molecule has 1 amide bonds. The van der Waals surface area contributed by atoms with Crippen LogP contribution in [0.25, 0.3) is 0 Å². The van der Waals surface area contributed by atoms with E-state index in [1.54, 1.807) is 24.3 Å². The van der Waals surface area contributed by atoms with Crippen molar-refractivity contribution in [1.29, 1.82) is 0 Å². The number of amides is 1. The van der Waals surface area contributed by atoms with Crippen molar-refractivity contribution in [3.8, 4) is 5.75 Å². The Morgan fingerprint density at radius 2 is 1.79 bits per heavy atom. The van der Waals surface area contributed by atoms with Crippen molar-refractivity contribution in [2.45, 2.75) is 11.8 Å². The molecule has 7 nitrogen and oxygen atoms in total. The zero-order valence-electron chi connectivity index (χ0n) is 17.8. The predicted octanol–water partition coefficient (Wildman–Crippen LogP) is 4.89. The highest BCUT2D eigenvalue weighted by Crippen LogP contribution is 2.22. The summed E-state index contributed by atoms with van der Waals surface area (Å²) < 4.78 is 33.9. The second kappa shape index (κ2) is 10.9. The lowest BCUT2D eigenvalue weighted by Crippen LogP contribution is -2.18. The molecular weight excluding hydrogens is 506 g/mol. The minimum atomic E-state index is -3.72. The second-order valence-electron chi connectivity index (χ2n) is 6.98. The van der Waals surface area contributed by atoms with Gasteiger partial charge in [-0.1, -0.05) is 46.3 Å². The second-order valence-corrected chi connectivity index (χ2v) is 9.57. The Hall–Kier alpha value is -3.43. The van der Waals surface area contributed by atoms with Crippen LogP contribution in [0, 0.1) is 6.92 Å². The van der Waals surface area contributed by atoms with Crippen molar-refractivity contribution in [3.05, 3.63) is 101 Å². The Morgan fingerprint density at radius 1 is 1.09 bits per heavy atom. The average molecular weight is 528 g/mol. The third-order valence-electron chi connectivity index (χ3n) is 4.43. The van der Waals surface area contributed by atoms with Gasteiger partial charge in [0.2, 0.25) is 0 Å². The van der Waals surface area contributed by atoms with E-state index in [0.29, 0.717) is 29.2 Å². The molecule has 0 aromatic heterocycles. The molecule has 0 radical (unpaired) electrons. The number of nitrogens with one attached hydrogen (secondary N) is 2. The van der Waals surface area contributed by atoms with Crippen LogP contribution < -0.4 is 14.9 Å². The Morgan fingerprint density at radius 3 is 2.45 bits per heavy atom. The average Bonchev–Trinajstić information content (AvgIpc) is 2.79. The molecule has 0 aliphatic carbocycles. The summed E-state index contributed by atoms with van der Waals surface area (Å²) >= 11 is 3.39. The number of carbonyl (C=O) groups is 1. The molecule has 2 N–H and O–H groups in total. The smallest absolute Gasteiger partial charge is 0.271 e. The van der Waals surface area contributed by atoms with Gasteiger partial charge in [-0.3, -0.25) is 9.52 Å². The van der Waals surface area contributed by atoms with E-state index < -0.39 is 15.9 Å². The number of rotatable bonds is 9. The number of halogens is 1. The Bertz CT molecular complexity index is 1270. The van der Waals surface area contributed by atoms with E-state index in [0.717, 1.165) is 10.0 Å². The molecule has 170 valence electrons. The molecule has 33 heavy (non-hydrogen) atoms. The van der Waals surface area contributed by atoms with E-state index in [1.807, 2.05) is 19.1 Å². The topological polar surface area (TPSA) is 96.9 Å². The molecule has 0 heterocycles. The molecule has 0 spiro atoms. The summed E-state index contributed by atoms with van der Waals surface area (Å²) in [5, 5.41) is 3.99. The molecule has 0 aliphatic heterocycles. The van der Waals surface area contributed by atoms with Gasteiger partial charge in [0.05, 0.1) is 11.1 Å². The zero-order chi connectivity index (χ0) is 23.8. The first-order valence-corrected chi connectivity index (χ1v) is 12.1. The summed E-state index contributed by atoms with van der Waals surface area (Å²) in [6.45, 7) is 5.85. The van der Waals surface area contributed by atoms with Crippen LogP contribution in [0.15, 0.2) is 93.9 Å². The number of hydrogen-bond donors (Lipinski definition) is 2. The van der Waals surface area contributed by atoms with E-state index in [-0.39, 0.29) is 4.90 Å². The molecule has 0 atom stereocenters. The van der Waals surface area contributed by atoms with Crippen molar-refractivity contribution in [3.63, 3.8) is 0 Å². The van der Waals surface area contributed by atoms with Gasteiger partial charge in [-0.2, -0.15) is 5.10 Å². The highest BCUT2D eigenvalue weighted by molar-refractivity contribution is 9.10. The lowest BCUT2D eigenvalue weighted by molar-refractivity contribution is 0.0955. The van der Waals surface area contributed by atoms with Crippen molar-refractivity contribution < 1.29 is 17.9 Å². The summed E-state index contributed by atoms with van der Waals surface area (Å²) in [7, 11) is -3.72. The van der Waals surface area contributed by atoms with Gasteiger partial charge in [0.25, 0.3) is 15.9 Å². The standard InChI is InChI=1S/C24H22BrN3O4S/c1-3-14-32-23-13-8-20(25)15-19(23)16-26-27-24(29)18-6-9-21(10-7-18)28-33(30,31)22-11-4-17(2)5-12-22/h3-13,15-16,28H,1,14H2,2H3,(H,27,29)/b26-16-. The Balaban J connectivity index is 1.64. The quantitative estimate of drug-likeness (QED) is 0.235. The third kappa shape index (κ3) is 6.77. The van der Waals surface area contributed by atoms with Crippen molar-refractivity contribution in [2.24, 2.45) is 5.10 Å². The molecule has 3 rings (SSSR count). The number of aryl methyl sites for hydroxylation is 1. The maximum atomic E-state index is 12.5. The minimum Gasteiger partial charge on any atom is -0.489 e. The monoisotopic (exact) mass is 527 g/mol. The lowest BCUT2D eigenvalue weighted by atomic mass is 10.2. The van der Waals surface area contributed by atoms with Crippen LogP contribution in [0.3, 0.4) is 0 Å². The summed E-state index contributed by atoms with van der Waals surface area (Å²) in [4.78, 5) is 12.6. The summed E-state index contributed by atoms with van der Waals surface area (Å²) in [6, 6.07) is 18.0. The zero-order valence-corrected chi connectivity index (χ0v) is 20.2. The number of ether oxygens (including phenoxy) is 1. The van der Waals surface area contributed by atoms with E-state index in [9.17, 15) is 13.2 Å². The lowest BCUT2D eigenvalue weighted by Gasteiger charge is -2.09. The van der Waals surface area contributed by atoms with Crippen molar-refractivity contribution in [1.82, 2.24) is 5.43 Å². The van der Waals surface area contributed by atoms with Gasteiger partial charge in [-0.05, 0) is 61.5 Å². The van der Waals surface area contributed by atoms with Crippen LogP contribution in [0.5, 0.6) is 5.75 Å². The van der Waals surface area contributed by atoms with E-state index >= 15 is 0 Å². The SMILES string of the molecule is C=CCOc1ccc(Br)cc1/C=N\NC(=O)c1ccc(NS(=O)(=O)c2ccc(C)cc2)cc1. The van der Waals surface area contributed by atoms with Gasteiger partial charge in [0, 0.05) is 21.3 Å². The fourth-order valence-corrected chi connectivity index (χ4v) is 4.18. The highest BCUT2D eigenvalue weighted by Gasteiger charge is 2.14. The number of benzene rings is 3. The van der Waals surface area contributed by atoms with E-state index in [2.05, 4.69) is 37.8 Å². The number of nitrogens with zero attached hydrogens (tertiary/aromatic N) is 1. The van der Waals surface area contributed by atoms with Gasteiger partial charge in [-0.15, -0.1) is 0 Å². The molecule has 0 aliphatic rings. The first-order chi connectivity index (χ1) is 15.8. The van der Waals surface area contributed by atoms with Crippen LogP contribution >= 0.6 is 15.9 Å². The fraction of sp³-hybridized carbons (Fsp3) is 0.0833. The molecule has 0 bridgehead atoms. The summed E-state index contributed by atoms with van der Waals surface area (Å²) in [5.74, 6) is 0.157. The predicted molar refractivity (Wildman–Crippen MR) is 133 cm³/mol. The summed E-state index contributed by atoms with van der Waals surface area (Å²) in [5.41, 5.74) is 4.75. The molecule has 0 fully saturated rings. The molecule has 3 aromatic carbocycles. The van der Waals surface area contributed by atoms with Gasteiger partial charge < -0.3 is 4.74 Å². The number of hydrazone groups is 1. The van der Waals surface area contributed by atoms with Crippen molar-refractivity contribution in [2.75, 3.05) is 11.3 Å². The van der Waals surface area contributed by atoms with Crippen LogP contribution in [0.4, 0.5) is 5.69 Å². The van der Waals surface area contributed by atoms with Gasteiger partial charge in [0.15, 0.2) is 0 Å². The first-order valence-electron chi connectivity index (χ1n) is 9.85. The summed E-state index contributed by atoms with van der Waals surface area (Å²) in [6.07, 6.45) is 3.11. The molecular formula is C24H22BrN3O4S. The molecule has 0 unspecified atom stereocenters. The number of carbonyl (C=O) groups excluding carboxylic acids is 1. The van der Waals surface area contributed by atoms with Crippen LogP contribution in [-0.2, 0) is 10.0 Å². The van der Waals surface area contributed by atoms with E-state index in [4.69, 9.17) is 4.74 Å². The maximum Gasteiger partial charge on any atom is 0.271 e. The number of hydrogen-bond acceptors (Lipinski definition) is 5. The minimum absolute atomic E-state index is 0.160. The van der Waals surface area contributed by atoms with Crippen molar-refractivity contribution >= 4 is 43.8 Å². The first kappa shape index (κ1) is 24.2. The molecule has 9 heteroatoms. The highest BCUT2D eigenvalue weighted by atomic mass is 79.9. The Labute approximate surface area is 201 Å². The van der Waals surface area contributed by atoms with Gasteiger partial charge in [0.1, 0.15) is 12.4 Å². The third-order valence-corrected chi connectivity index (χ3v) is 6.32. The van der Waals surface area contributed by atoms with Crippen LogP contribution in [0.1, 0.15) is 21.5 Å². The van der Waals surface area contributed by atoms with Crippen LogP contribution in [0.2, 0.25) is 0 Å². The molecule has 0 saturated heterocycles. The Kier molecular flexibility index (Phi) is 8.02. The van der Waals surface area contributed by atoms with Crippen LogP contribution in [-0.4, -0.2) is 27.1 Å². The van der Waals surface area contributed by atoms with Gasteiger partial charge >= 0.3 is 0 Å². The molecule has 0 saturated carbocycles.